The molecular weight excluding hydrogens is 210 g/mol. The molecule has 1 aliphatic rings. The molecule has 0 saturated heterocycles. The molecule has 1 amide bonds. The van der Waals surface area contributed by atoms with Gasteiger partial charge in [0.2, 0.25) is 0 Å². The summed E-state index contributed by atoms with van der Waals surface area (Å²) in [6.45, 7) is 2.30. The van der Waals surface area contributed by atoms with Gasteiger partial charge in [-0.1, -0.05) is 25.1 Å². The van der Waals surface area contributed by atoms with Crippen molar-refractivity contribution in [3.8, 4) is 0 Å². The fourth-order valence-electron chi connectivity index (χ4n) is 2.58. The summed E-state index contributed by atoms with van der Waals surface area (Å²) in [5.74, 6) is 0.983. The van der Waals surface area contributed by atoms with E-state index in [1.54, 1.807) is 0 Å². The summed E-state index contributed by atoms with van der Waals surface area (Å²) in [5.41, 5.74) is 0.800. The Morgan fingerprint density at radius 1 is 1.12 bits per heavy atom. The van der Waals surface area contributed by atoms with Crippen LogP contribution in [-0.2, 0) is 0 Å². The molecule has 1 aliphatic carbocycles. The van der Waals surface area contributed by atoms with Crippen molar-refractivity contribution in [2.24, 2.45) is 5.92 Å². The fourth-order valence-corrected chi connectivity index (χ4v) is 2.58. The highest BCUT2D eigenvalue weighted by Crippen LogP contribution is 2.27. The molecule has 0 spiro atoms. The Bertz CT molecular complexity index is 366. The minimum absolute atomic E-state index is 0.158. The van der Waals surface area contributed by atoms with Gasteiger partial charge in [-0.2, -0.15) is 0 Å². The van der Waals surface area contributed by atoms with Gasteiger partial charge in [-0.3, -0.25) is 4.79 Å². The Kier molecular flexibility index (Phi) is 3.82. The van der Waals surface area contributed by atoms with Gasteiger partial charge < -0.3 is 4.90 Å². The van der Waals surface area contributed by atoms with E-state index < -0.39 is 0 Å². The second kappa shape index (κ2) is 5.35. The van der Waals surface area contributed by atoms with Gasteiger partial charge in [0.05, 0.1) is 0 Å². The molecule has 1 aromatic carbocycles. The number of amides is 1. The van der Waals surface area contributed by atoms with Crippen molar-refractivity contribution in [2.75, 3.05) is 7.05 Å². The van der Waals surface area contributed by atoms with Crippen molar-refractivity contribution in [1.82, 2.24) is 4.90 Å². The molecule has 17 heavy (non-hydrogen) atoms. The van der Waals surface area contributed by atoms with Crippen molar-refractivity contribution < 1.29 is 4.79 Å². The van der Waals surface area contributed by atoms with E-state index in [1.165, 1.54) is 12.8 Å². The van der Waals surface area contributed by atoms with Gasteiger partial charge in [0.1, 0.15) is 0 Å². The highest BCUT2D eigenvalue weighted by molar-refractivity contribution is 5.94. The van der Waals surface area contributed by atoms with Crippen LogP contribution < -0.4 is 0 Å². The number of hydrogen-bond acceptors (Lipinski definition) is 1. The van der Waals surface area contributed by atoms with Crippen molar-refractivity contribution in [1.29, 1.82) is 0 Å². The largest absolute Gasteiger partial charge is 0.339 e. The molecule has 0 radical (unpaired) electrons. The molecule has 2 heteroatoms. The third-order valence-corrected chi connectivity index (χ3v) is 3.87. The average Bonchev–Trinajstić information content (AvgIpc) is 2.39. The standard InChI is InChI=1S/C15H21NO/c1-12-8-10-14(11-9-12)16(2)15(17)13-6-4-3-5-7-13/h3-7,12,14H,8-11H2,1-2H3. The van der Waals surface area contributed by atoms with Crippen LogP contribution in [0.5, 0.6) is 0 Å². The molecular formula is C15H21NO. The molecule has 1 fully saturated rings. The van der Waals surface area contributed by atoms with Gasteiger partial charge in [0, 0.05) is 18.7 Å². The van der Waals surface area contributed by atoms with Gasteiger partial charge in [-0.05, 0) is 43.7 Å². The first-order valence-corrected chi connectivity index (χ1v) is 6.50. The predicted octanol–water partition coefficient (Wildman–Crippen LogP) is 3.34. The van der Waals surface area contributed by atoms with Crippen molar-refractivity contribution in [3.63, 3.8) is 0 Å². The van der Waals surface area contributed by atoms with Crippen LogP contribution in [0.1, 0.15) is 43.0 Å². The molecule has 2 rings (SSSR count). The van der Waals surface area contributed by atoms with Gasteiger partial charge >= 0.3 is 0 Å². The quantitative estimate of drug-likeness (QED) is 0.764. The highest BCUT2D eigenvalue weighted by Gasteiger charge is 2.25. The molecule has 0 atom stereocenters. The van der Waals surface area contributed by atoms with Gasteiger partial charge in [-0.15, -0.1) is 0 Å². The normalized spacial score (nSPS) is 24.4. The summed E-state index contributed by atoms with van der Waals surface area (Å²) in [7, 11) is 1.94. The summed E-state index contributed by atoms with van der Waals surface area (Å²) >= 11 is 0. The zero-order valence-electron chi connectivity index (χ0n) is 10.7. The van der Waals surface area contributed by atoms with Gasteiger partial charge in [-0.25, -0.2) is 0 Å². The average molecular weight is 231 g/mol. The predicted molar refractivity (Wildman–Crippen MR) is 70.0 cm³/mol. The van der Waals surface area contributed by atoms with E-state index in [1.807, 2.05) is 42.3 Å². The second-order valence-electron chi connectivity index (χ2n) is 5.20. The van der Waals surface area contributed by atoms with Gasteiger partial charge in [0.15, 0.2) is 0 Å². The number of hydrogen-bond donors (Lipinski definition) is 0. The lowest BCUT2D eigenvalue weighted by molar-refractivity contribution is 0.0679. The third-order valence-electron chi connectivity index (χ3n) is 3.87. The fraction of sp³-hybridized carbons (Fsp3) is 0.533. The van der Waals surface area contributed by atoms with Crippen LogP contribution in [0.4, 0.5) is 0 Å². The van der Waals surface area contributed by atoms with Crippen LogP contribution in [0.3, 0.4) is 0 Å². The number of rotatable bonds is 2. The van der Waals surface area contributed by atoms with E-state index in [2.05, 4.69) is 6.92 Å². The van der Waals surface area contributed by atoms with Crippen LogP contribution in [0.25, 0.3) is 0 Å². The lowest BCUT2D eigenvalue weighted by atomic mass is 9.86. The Morgan fingerprint density at radius 2 is 1.71 bits per heavy atom. The molecule has 0 aliphatic heterocycles. The molecule has 1 saturated carbocycles. The number of benzene rings is 1. The molecule has 92 valence electrons. The van der Waals surface area contributed by atoms with Crippen molar-refractivity contribution >= 4 is 5.91 Å². The summed E-state index contributed by atoms with van der Waals surface area (Å²) in [5, 5.41) is 0. The van der Waals surface area contributed by atoms with Gasteiger partial charge in [0.25, 0.3) is 5.91 Å². The minimum Gasteiger partial charge on any atom is -0.339 e. The zero-order chi connectivity index (χ0) is 12.3. The van der Waals surface area contributed by atoms with Crippen molar-refractivity contribution in [3.05, 3.63) is 35.9 Å². The van der Waals surface area contributed by atoms with E-state index in [0.29, 0.717) is 6.04 Å². The smallest absolute Gasteiger partial charge is 0.253 e. The molecule has 0 N–H and O–H groups in total. The van der Waals surface area contributed by atoms with E-state index >= 15 is 0 Å². The zero-order valence-corrected chi connectivity index (χ0v) is 10.7. The number of carbonyl (C=O) groups is 1. The summed E-state index contributed by atoms with van der Waals surface area (Å²) < 4.78 is 0. The lowest BCUT2D eigenvalue weighted by Crippen LogP contribution is -2.39. The van der Waals surface area contributed by atoms with Crippen LogP contribution in [0.2, 0.25) is 0 Å². The van der Waals surface area contributed by atoms with E-state index in [9.17, 15) is 4.79 Å². The monoisotopic (exact) mass is 231 g/mol. The SMILES string of the molecule is CC1CCC(N(C)C(=O)c2ccccc2)CC1. The first-order chi connectivity index (χ1) is 8.18. The molecule has 0 aromatic heterocycles. The highest BCUT2D eigenvalue weighted by atomic mass is 16.2. The van der Waals surface area contributed by atoms with Crippen LogP contribution in [0, 0.1) is 5.92 Å². The van der Waals surface area contributed by atoms with E-state index in [0.717, 1.165) is 24.3 Å². The topological polar surface area (TPSA) is 20.3 Å². The lowest BCUT2D eigenvalue weighted by Gasteiger charge is -2.33. The maximum absolute atomic E-state index is 12.3. The van der Waals surface area contributed by atoms with Crippen LogP contribution in [0.15, 0.2) is 30.3 Å². The van der Waals surface area contributed by atoms with Crippen LogP contribution >= 0.6 is 0 Å². The van der Waals surface area contributed by atoms with Crippen molar-refractivity contribution in [2.45, 2.75) is 38.6 Å². The summed E-state index contributed by atoms with van der Waals surface area (Å²) in [4.78, 5) is 14.2. The molecule has 0 heterocycles. The number of carbonyl (C=O) groups excluding carboxylic acids is 1. The summed E-state index contributed by atoms with van der Waals surface area (Å²) in [6, 6.07) is 10.0. The Morgan fingerprint density at radius 3 is 2.29 bits per heavy atom. The Labute approximate surface area is 104 Å². The summed E-state index contributed by atoms with van der Waals surface area (Å²) in [6.07, 6.45) is 4.79. The van der Waals surface area contributed by atoms with Crippen LogP contribution in [-0.4, -0.2) is 23.9 Å². The molecule has 2 nitrogen and oxygen atoms in total. The molecule has 0 unspecified atom stereocenters. The third kappa shape index (κ3) is 2.87. The Hall–Kier alpha value is -1.31. The van der Waals surface area contributed by atoms with E-state index in [4.69, 9.17) is 0 Å². The first kappa shape index (κ1) is 12.2. The first-order valence-electron chi connectivity index (χ1n) is 6.50. The minimum atomic E-state index is 0.158. The maximum Gasteiger partial charge on any atom is 0.253 e. The Balaban J connectivity index is 2.00. The molecule has 0 bridgehead atoms. The molecule has 1 aromatic rings. The maximum atomic E-state index is 12.3. The second-order valence-corrected chi connectivity index (χ2v) is 5.20. The van der Waals surface area contributed by atoms with E-state index in [-0.39, 0.29) is 5.91 Å². The number of nitrogens with zero attached hydrogens (tertiary/aromatic N) is 1.